The number of halogens is 1. The van der Waals surface area contributed by atoms with Crippen LogP contribution >= 0.6 is 0 Å². The predicted molar refractivity (Wildman–Crippen MR) is 94.0 cm³/mol. The summed E-state index contributed by atoms with van der Waals surface area (Å²) < 4.78 is 20.2. The van der Waals surface area contributed by atoms with Crippen molar-refractivity contribution in [2.75, 3.05) is 0 Å². The first-order valence-electron chi connectivity index (χ1n) is 7.76. The highest BCUT2D eigenvalue weighted by molar-refractivity contribution is 6.12. The largest absolute Gasteiger partial charge is 0.478 e. The van der Waals surface area contributed by atoms with Crippen LogP contribution in [0.25, 0.3) is 33.4 Å². The summed E-state index contributed by atoms with van der Waals surface area (Å²) in [5.41, 5.74) is 2.12. The molecule has 0 radical (unpaired) electrons. The van der Waals surface area contributed by atoms with E-state index in [0.29, 0.717) is 16.9 Å². The highest BCUT2D eigenvalue weighted by atomic mass is 19.1. The number of fused-ring (bicyclic) bond motifs is 1. The fourth-order valence-electron chi connectivity index (χ4n) is 3.05. The number of furan rings is 1. The Morgan fingerprint density at radius 2 is 1.44 bits per heavy atom. The quantitative estimate of drug-likeness (QED) is 0.531. The normalized spacial score (nSPS) is 10.9. The first-order chi connectivity index (χ1) is 12.2. The molecule has 0 aliphatic heterocycles. The maximum Gasteiger partial charge on any atom is 0.339 e. The summed E-state index contributed by atoms with van der Waals surface area (Å²) in [5.74, 6) is -1.58. The Morgan fingerprint density at radius 1 is 0.840 bits per heavy atom. The summed E-state index contributed by atoms with van der Waals surface area (Å²) in [6, 6.07) is 21.2. The first kappa shape index (κ1) is 15.1. The van der Waals surface area contributed by atoms with Crippen LogP contribution in [0.2, 0.25) is 0 Å². The Labute approximate surface area is 143 Å². The molecule has 0 unspecified atom stereocenters. The lowest BCUT2D eigenvalue weighted by molar-refractivity contribution is 0.0694. The van der Waals surface area contributed by atoms with Gasteiger partial charge in [-0.05, 0) is 17.7 Å². The zero-order chi connectivity index (χ0) is 17.4. The van der Waals surface area contributed by atoms with Gasteiger partial charge in [-0.15, -0.1) is 0 Å². The number of hydrogen-bond donors (Lipinski definition) is 1. The van der Waals surface area contributed by atoms with E-state index in [-0.39, 0.29) is 10.9 Å². The maximum atomic E-state index is 14.3. The Kier molecular flexibility index (Phi) is 3.58. The average Bonchev–Trinajstić information content (AvgIpc) is 3.02. The Bertz CT molecular complexity index is 1070. The van der Waals surface area contributed by atoms with E-state index in [1.54, 1.807) is 0 Å². The molecule has 1 heterocycles. The Balaban J connectivity index is 2.17. The zero-order valence-corrected chi connectivity index (χ0v) is 13.1. The van der Waals surface area contributed by atoms with Gasteiger partial charge in [0.1, 0.15) is 22.7 Å². The molecule has 1 aromatic heterocycles. The van der Waals surface area contributed by atoms with E-state index in [0.717, 1.165) is 17.2 Å². The first-order valence-corrected chi connectivity index (χ1v) is 7.76. The molecule has 0 aliphatic carbocycles. The molecule has 1 N–H and O–H groups in total. The molecule has 0 saturated heterocycles. The summed E-state index contributed by atoms with van der Waals surface area (Å²) in [7, 11) is 0. The van der Waals surface area contributed by atoms with Gasteiger partial charge in [-0.25, -0.2) is 9.18 Å². The molecule has 3 nitrogen and oxygen atoms in total. The fourth-order valence-corrected chi connectivity index (χ4v) is 3.05. The molecular weight excluding hydrogens is 319 g/mol. The van der Waals surface area contributed by atoms with Crippen molar-refractivity contribution in [1.29, 1.82) is 0 Å². The SMILES string of the molecule is O=C(O)c1c(F)ccc2oc(-c3ccccc3)c(-c3ccccc3)c12. The standard InChI is InChI=1S/C21H13FO3/c22-15-11-12-16-19(18(15)21(23)24)17(13-7-3-1-4-8-13)20(25-16)14-9-5-2-6-10-14/h1-12H,(H,23,24). The lowest BCUT2D eigenvalue weighted by atomic mass is 9.96. The molecule has 0 atom stereocenters. The van der Waals surface area contributed by atoms with Crippen molar-refractivity contribution in [3.8, 4) is 22.5 Å². The molecular formula is C21H13FO3. The average molecular weight is 332 g/mol. The fraction of sp³-hybridized carbons (Fsp3) is 0. The van der Waals surface area contributed by atoms with Gasteiger partial charge in [-0.1, -0.05) is 60.7 Å². The second-order valence-corrected chi connectivity index (χ2v) is 5.64. The maximum absolute atomic E-state index is 14.3. The van der Waals surface area contributed by atoms with Gasteiger partial charge in [0, 0.05) is 16.5 Å². The van der Waals surface area contributed by atoms with Gasteiger partial charge in [-0.2, -0.15) is 0 Å². The summed E-state index contributed by atoms with van der Waals surface area (Å²) in [4.78, 5) is 11.7. The number of carbonyl (C=O) groups is 1. The molecule has 0 bridgehead atoms. The van der Waals surface area contributed by atoms with Crippen LogP contribution in [0.15, 0.2) is 77.2 Å². The van der Waals surface area contributed by atoms with E-state index >= 15 is 0 Å². The van der Waals surface area contributed by atoms with Gasteiger partial charge in [0.15, 0.2) is 0 Å². The molecule has 4 rings (SSSR count). The monoisotopic (exact) mass is 332 g/mol. The molecule has 0 amide bonds. The molecule has 0 spiro atoms. The second kappa shape index (κ2) is 5.91. The van der Waals surface area contributed by atoms with Crippen LogP contribution in [-0.2, 0) is 0 Å². The number of carboxylic acid groups (broad SMARTS) is 1. The summed E-state index contributed by atoms with van der Waals surface area (Å²) in [6.07, 6.45) is 0. The summed E-state index contributed by atoms with van der Waals surface area (Å²) >= 11 is 0. The minimum absolute atomic E-state index is 0.276. The highest BCUT2D eigenvalue weighted by Crippen LogP contribution is 2.42. The van der Waals surface area contributed by atoms with Crippen LogP contribution in [0, 0.1) is 5.82 Å². The third-order valence-electron chi connectivity index (χ3n) is 4.12. The van der Waals surface area contributed by atoms with Crippen molar-refractivity contribution in [2.24, 2.45) is 0 Å². The van der Waals surface area contributed by atoms with E-state index in [1.807, 2.05) is 60.7 Å². The lowest BCUT2D eigenvalue weighted by Crippen LogP contribution is -2.01. The van der Waals surface area contributed by atoms with E-state index in [4.69, 9.17) is 4.42 Å². The lowest BCUT2D eigenvalue weighted by Gasteiger charge is -2.05. The van der Waals surface area contributed by atoms with Crippen LogP contribution < -0.4 is 0 Å². The minimum Gasteiger partial charge on any atom is -0.478 e. The van der Waals surface area contributed by atoms with E-state index in [9.17, 15) is 14.3 Å². The number of carboxylic acids is 1. The topological polar surface area (TPSA) is 50.4 Å². The number of rotatable bonds is 3. The van der Waals surface area contributed by atoms with Crippen LogP contribution in [0.4, 0.5) is 4.39 Å². The van der Waals surface area contributed by atoms with Crippen molar-refractivity contribution in [3.63, 3.8) is 0 Å². The number of aromatic carboxylic acids is 1. The van der Waals surface area contributed by atoms with Crippen LogP contribution in [-0.4, -0.2) is 11.1 Å². The Morgan fingerprint density at radius 3 is 2.04 bits per heavy atom. The molecule has 25 heavy (non-hydrogen) atoms. The van der Waals surface area contributed by atoms with E-state index < -0.39 is 11.8 Å². The van der Waals surface area contributed by atoms with Gasteiger partial charge in [0.2, 0.25) is 0 Å². The van der Waals surface area contributed by atoms with Crippen molar-refractivity contribution >= 4 is 16.9 Å². The third kappa shape index (κ3) is 2.48. The Hall–Kier alpha value is -3.40. The highest BCUT2D eigenvalue weighted by Gasteiger charge is 2.25. The molecule has 3 aromatic carbocycles. The molecule has 0 fully saturated rings. The van der Waals surface area contributed by atoms with E-state index in [1.165, 1.54) is 6.07 Å². The van der Waals surface area contributed by atoms with Crippen molar-refractivity contribution in [1.82, 2.24) is 0 Å². The van der Waals surface area contributed by atoms with Gasteiger partial charge in [-0.3, -0.25) is 0 Å². The van der Waals surface area contributed by atoms with Gasteiger partial charge in [0.25, 0.3) is 0 Å². The summed E-state index contributed by atoms with van der Waals surface area (Å²) in [6.45, 7) is 0. The van der Waals surface area contributed by atoms with Crippen molar-refractivity contribution in [3.05, 3.63) is 84.2 Å². The second-order valence-electron chi connectivity index (χ2n) is 5.64. The molecule has 4 aromatic rings. The molecule has 0 aliphatic rings. The van der Waals surface area contributed by atoms with Gasteiger partial charge >= 0.3 is 5.97 Å². The van der Waals surface area contributed by atoms with E-state index in [2.05, 4.69) is 0 Å². The molecule has 4 heteroatoms. The minimum atomic E-state index is -1.32. The van der Waals surface area contributed by atoms with Crippen LogP contribution in [0.1, 0.15) is 10.4 Å². The summed E-state index contributed by atoms with van der Waals surface area (Å²) in [5, 5.41) is 9.81. The van der Waals surface area contributed by atoms with Crippen LogP contribution in [0.3, 0.4) is 0 Å². The van der Waals surface area contributed by atoms with Crippen LogP contribution in [0.5, 0.6) is 0 Å². The van der Waals surface area contributed by atoms with Crippen molar-refractivity contribution in [2.45, 2.75) is 0 Å². The van der Waals surface area contributed by atoms with Crippen molar-refractivity contribution < 1.29 is 18.7 Å². The predicted octanol–water partition coefficient (Wildman–Crippen LogP) is 5.60. The van der Waals surface area contributed by atoms with Gasteiger partial charge in [0.05, 0.1) is 0 Å². The number of hydrogen-bond acceptors (Lipinski definition) is 2. The van der Waals surface area contributed by atoms with Gasteiger partial charge < -0.3 is 9.52 Å². The zero-order valence-electron chi connectivity index (χ0n) is 13.1. The smallest absolute Gasteiger partial charge is 0.339 e. The molecule has 122 valence electrons. The third-order valence-corrected chi connectivity index (χ3v) is 4.12. The number of benzene rings is 3. The molecule has 0 saturated carbocycles.